The van der Waals surface area contributed by atoms with Crippen LogP contribution in [0.3, 0.4) is 0 Å². The van der Waals surface area contributed by atoms with Gasteiger partial charge in [-0.1, -0.05) is 18.2 Å². The fraction of sp³-hybridized carbons (Fsp3) is 0.368. The monoisotopic (exact) mass is 340 g/mol. The molecule has 25 heavy (non-hydrogen) atoms. The lowest BCUT2D eigenvalue weighted by Crippen LogP contribution is -2.49. The van der Waals surface area contributed by atoms with Crippen LogP contribution in [-0.2, 0) is 4.79 Å². The Morgan fingerprint density at radius 1 is 1.12 bits per heavy atom. The summed E-state index contributed by atoms with van der Waals surface area (Å²) in [6.45, 7) is 3.72. The molecule has 2 aromatic rings. The number of para-hydroxylation sites is 2. The third kappa shape index (κ3) is 4.41. The van der Waals surface area contributed by atoms with Crippen LogP contribution in [0.5, 0.6) is 5.75 Å². The van der Waals surface area contributed by atoms with Gasteiger partial charge in [-0.05, 0) is 24.3 Å². The Balaban J connectivity index is 1.44. The molecule has 0 radical (unpaired) electrons. The molecule has 6 nitrogen and oxygen atoms in total. The van der Waals surface area contributed by atoms with Crippen molar-refractivity contribution in [3.8, 4) is 5.75 Å². The first-order chi connectivity index (χ1) is 12.3. The normalized spacial score (nSPS) is 14.3. The summed E-state index contributed by atoms with van der Waals surface area (Å²) in [4.78, 5) is 20.9. The van der Waals surface area contributed by atoms with E-state index in [9.17, 15) is 4.79 Å². The first-order valence-corrected chi connectivity index (χ1v) is 8.58. The minimum absolute atomic E-state index is 0.183. The van der Waals surface area contributed by atoms with Crippen LogP contribution < -0.4 is 15.0 Å². The van der Waals surface area contributed by atoms with Crippen LogP contribution in [0.2, 0.25) is 0 Å². The van der Waals surface area contributed by atoms with Crippen LogP contribution in [-0.4, -0.2) is 55.6 Å². The van der Waals surface area contributed by atoms with Gasteiger partial charge in [-0.15, -0.1) is 0 Å². The Morgan fingerprint density at radius 2 is 1.88 bits per heavy atom. The van der Waals surface area contributed by atoms with Crippen molar-refractivity contribution in [3.05, 3.63) is 48.7 Å². The Labute approximate surface area is 148 Å². The summed E-state index contributed by atoms with van der Waals surface area (Å²) >= 11 is 0. The molecule has 1 saturated heterocycles. The lowest BCUT2D eigenvalue weighted by atomic mass is 10.2. The van der Waals surface area contributed by atoms with Crippen molar-refractivity contribution in [1.82, 2.24) is 9.88 Å². The van der Waals surface area contributed by atoms with E-state index >= 15 is 0 Å². The number of pyridine rings is 1. The molecule has 1 aliphatic heterocycles. The smallest absolute Gasteiger partial charge is 0.224 e. The van der Waals surface area contributed by atoms with E-state index < -0.39 is 0 Å². The van der Waals surface area contributed by atoms with E-state index in [1.165, 1.54) is 0 Å². The predicted octanol–water partition coefficient (Wildman–Crippen LogP) is 2.24. The van der Waals surface area contributed by atoms with Gasteiger partial charge < -0.3 is 19.9 Å². The summed E-state index contributed by atoms with van der Waals surface area (Å²) in [6, 6.07) is 13.6. The van der Waals surface area contributed by atoms with E-state index in [1.807, 2.05) is 47.4 Å². The first-order valence-electron chi connectivity index (χ1n) is 8.58. The number of methoxy groups -OCH3 is 1. The molecule has 0 atom stereocenters. The van der Waals surface area contributed by atoms with Crippen molar-refractivity contribution in [2.45, 2.75) is 6.42 Å². The molecule has 1 N–H and O–H groups in total. The van der Waals surface area contributed by atoms with E-state index in [0.717, 1.165) is 43.4 Å². The maximum atomic E-state index is 12.4. The zero-order valence-electron chi connectivity index (χ0n) is 14.5. The van der Waals surface area contributed by atoms with Crippen molar-refractivity contribution >= 4 is 17.4 Å². The largest absolute Gasteiger partial charge is 0.495 e. The Hall–Kier alpha value is -2.76. The van der Waals surface area contributed by atoms with Gasteiger partial charge in [0.15, 0.2) is 0 Å². The van der Waals surface area contributed by atoms with Crippen LogP contribution in [0.15, 0.2) is 48.7 Å². The third-order valence-corrected chi connectivity index (χ3v) is 4.37. The Kier molecular flexibility index (Phi) is 5.72. The van der Waals surface area contributed by atoms with Crippen LogP contribution in [0.25, 0.3) is 0 Å². The fourth-order valence-corrected chi connectivity index (χ4v) is 2.98. The van der Waals surface area contributed by atoms with Crippen LogP contribution in [0.4, 0.5) is 11.5 Å². The highest BCUT2D eigenvalue weighted by molar-refractivity contribution is 5.77. The molecular weight excluding hydrogens is 316 g/mol. The molecule has 1 aliphatic rings. The summed E-state index contributed by atoms with van der Waals surface area (Å²) in [5.74, 6) is 1.95. The molecule has 132 valence electrons. The molecule has 0 bridgehead atoms. The molecule has 2 heterocycles. The number of hydrogen-bond donors (Lipinski definition) is 1. The van der Waals surface area contributed by atoms with Crippen molar-refractivity contribution in [2.75, 3.05) is 50.1 Å². The van der Waals surface area contributed by atoms with Gasteiger partial charge in [0, 0.05) is 45.3 Å². The Morgan fingerprint density at radius 3 is 2.60 bits per heavy atom. The highest BCUT2D eigenvalue weighted by atomic mass is 16.5. The lowest BCUT2D eigenvalue weighted by molar-refractivity contribution is -0.131. The molecule has 6 heteroatoms. The highest BCUT2D eigenvalue weighted by Crippen LogP contribution is 2.22. The van der Waals surface area contributed by atoms with Gasteiger partial charge in [0.2, 0.25) is 5.91 Å². The quantitative estimate of drug-likeness (QED) is 0.874. The minimum Gasteiger partial charge on any atom is -0.495 e. The number of rotatable bonds is 6. The average Bonchev–Trinajstić information content (AvgIpc) is 2.69. The second kappa shape index (κ2) is 8.37. The molecular formula is C19H24N4O2. The molecule has 3 rings (SSSR count). The first kappa shape index (κ1) is 17.1. The average molecular weight is 340 g/mol. The second-order valence-electron chi connectivity index (χ2n) is 5.93. The summed E-state index contributed by atoms with van der Waals surface area (Å²) < 4.78 is 5.30. The summed E-state index contributed by atoms with van der Waals surface area (Å²) in [5.41, 5.74) is 0.915. The van der Waals surface area contributed by atoms with Crippen LogP contribution in [0, 0.1) is 0 Å². The minimum atomic E-state index is 0.183. The molecule has 1 amide bonds. The van der Waals surface area contributed by atoms with E-state index in [1.54, 1.807) is 13.3 Å². The van der Waals surface area contributed by atoms with Crippen molar-refractivity contribution in [3.63, 3.8) is 0 Å². The summed E-state index contributed by atoms with van der Waals surface area (Å²) in [7, 11) is 1.65. The zero-order chi connectivity index (χ0) is 17.5. The number of nitrogens with one attached hydrogen (secondary N) is 1. The maximum absolute atomic E-state index is 12.4. The van der Waals surface area contributed by atoms with Gasteiger partial charge in [-0.25, -0.2) is 4.98 Å². The number of amides is 1. The number of nitrogens with zero attached hydrogens (tertiary/aromatic N) is 3. The number of piperazine rings is 1. The summed E-state index contributed by atoms with van der Waals surface area (Å²) in [5, 5.41) is 3.28. The Bertz CT molecular complexity index is 685. The molecule has 1 fully saturated rings. The molecule has 0 saturated carbocycles. The highest BCUT2D eigenvalue weighted by Gasteiger charge is 2.21. The van der Waals surface area contributed by atoms with Crippen LogP contribution in [0.1, 0.15) is 6.42 Å². The molecule has 1 aromatic carbocycles. The SMILES string of the molecule is COc1ccccc1NCCC(=O)N1CCN(c2ccccn2)CC1. The number of carbonyl (C=O) groups is 1. The van der Waals surface area contributed by atoms with Crippen molar-refractivity contribution in [1.29, 1.82) is 0 Å². The van der Waals surface area contributed by atoms with Gasteiger partial charge in [-0.2, -0.15) is 0 Å². The third-order valence-electron chi connectivity index (χ3n) is 4.37. The number of ether oxygens (including phenoxy) is 1. The number of carbonyl (C=O) groups excluding carboxylic acids is 1. The van der Waals surface area contributed by atoms with E-state index in [-0.39, 0.29) is 5.91 Å². The van der Waals surface area contributed by atoms with Gasteiger partial charge in [0.05, 0.1) is 12.8 Å². The van der Waals surface area contributed by atoms with Crippen molar-refractivity contribution in [2.24, 2.45) is 0 Å². The maximum Gasteiger partial charge on any atom is 0.224 e. The second-order valence-corrected chi connectivity index (χ2v) is 5.93. The number of benzene rings is 1. The lowest BCUT2D eigenvalue weighted by Gasteiger charge is -2.35. The predicted molar refractivity (Wildman–Crippen MR) is 99.1 cm³/mol. The van der Waals surface area contributed by atoms with E-state index in [4.69, 9.17) is 4.74 Å². The van der Waals surface area contributed by atoms with Gasteiger partial charge in [0.1, 0.15) is 11.6 Å². The molecule has 1 aromatic heterocycles. The van der Waals surface area contributed by atoms with Crippen LogP contribution >= 0.6 is 0 Å². The fourth-order valence-electron chi connectivity index (χ4n) is 2.98. The van der Waals surface area contributed by atoms with E-state index in [2.05, 4.69) is 15.2 Å². The van der Waals surface area contributed by atoms with Crippen molar-refractivity contribution < 1.29 is 9.53 Å². The van der Waals surface area contributed by atoms with E-state index in [0.29, 0.717) is 13.0 Å². The van der Waals surface area contributed by atoms with Gasteiger partial charge in [-0.3, -0.25) is 4.79 Å². The summed E-state index contributed by atoms with van der Waals surface area (Å²) in [6.07, 6.45) is 2.28. The molecule has 0 unspecified atom stereocenters. The topological polar surface area (TPSA) is 57.7 Å². The van der Waals surface area contributed by atoms with Gasteiger partial charge in [0.25, 0.3) is 0 Å². The zero-order valence-corrected chi connectivity index (χ0v) is 14.5. The number of hydrogen-bond acceptors (Lipinski definition) is 5. The standard InChI is InChI=1S/C19H24N4O2/c1-25-17-7-3-2-6-16(17)20-11-9-19(24)23-14-12-22(13-15-23)18-8-4-5-10-21-18/h2-8,10,20H,9,11-15H2,1H3. The molecule has 0 aliphatic carbocycles. The number of anilines is 2. The number of aromatic nitrogens is 1. The van der Waals surface area contributed by atoms with Gasteiger partial charge >= 0.3 is 0 Å². The molecule has 0 spiro atoms.